The van der Waals surface area contributed by atoms with E-state index in [0.29, 0.717) is 5.75 Å². The molecule has 0 fully saturated rings. The SMILES string of the molecule is CSCC(C)NS(=O)(=O)c1cc(Cl)c(Br)c(N)c1F. The van der Waals surface area contributed by atoms with E-state index in [-0.39, 0.29) is 21.2 Å². The third-order valence-electron chi connectivity index (χ3n) is 2.22. The van der Waals surface area contributed by atoms with Gasteiger partial charge in [-0.05, 0) is 35.2 Å². The Labute approximate surface area is 129 Å². The van der Waals surface area contributed by atoms with Crippen LogP contribution in [-0.2, 0) is 10.0 Å². The van der Waals surface area contributed by atoms with E-state index in [2.05, 4.69) is 20.7 Å². The highest BCUT2D eigenvalue weighted by molar-refractivity contribution is 9.10. The highest BCUT2D eigenvalue weighted by Gasteiger charge is 2.25. The van der Waals surface area contributed by atoms with E-state index in [4.69, 9.17) is 17.3 Å². The number of anilines is 1. The second-order valence-corrected chi connectivity index (χ2v) is 7.67. The maximum Gasteiger partial charge on any atom is 0.243 e. The van der Waals surface area contributed by atoms with E-state index in [1.165, 1.54) is 11.8 Å². The topological polar surface area (TPSA) is 72.2 Å². The summed E-state index contributed by atoms with van der Waals surface area (Å²) in [6, 6.07) is 0.703. The van der Waals surface area contributed by atoms with E-state index in [1.807, 2.05) is 6.26 Å². The van der Waals surface area contributed by atoms with E-state index >= 15 is 0 Å². The molecule has 3 N–H and O–H groups in total. The number of halogens is 3. The van der Waals surface area contributed by atoms with Crippen LogP contribution in [-0.4, -0.2) is 26.5 Å². The molecule has 1 rings (SSSR count). The van der Waals surface area contributed by atoms with Gasteiger partial charge in [0.15, 0.2) is 5.82 Å². The monoisotopic (exact) mass is 390 g/mol. The molecule has 0 amide bonds. The third-order valence-corrected chi connectivity index (χ3v) is 6.02. The minimum Gasteiger partial charge on any atom is -0.395 e. The van der Waals surface area contributed by atoms with E-state index in [9.17, 15) is 12.8 Å². The Morgan fingerprint density at radius 2 is 2.21 bits per heavy atom. The summed E-state index contributed by atoms with van der Waals surface area (Å²) in [5.41, 5.74) is 5.14. The molecule has 0 aliphatic carbocycles. The van der Waals surface area contributed by atoms with E-state index in [0.717, 1.165) is 6.07 Å². The Morgan fingerprint density at radius 3 is 2.74 bits per heavy atom. The van der Waals surface area contributed by atoms with Gasteiger partial charge < -0.3 is 5.73 Å². The van der Waals surface area contributed by atoms with Crippen molar-refractivity contribution in [3.8, 4) is 0 Å². The Hall–Kier alpha value is -0.0200. The highest BCUT2D eigenvalue weighted by atomic mass is 79.9. The third kappa shape index (κ3) is 3.98. The van der Waals surface area contributed by atoms with Crippen molar-refractivity contribution in [2.75, 3.05) is 17.7 Å². The molecule has 1 atom stereocenters. The predicted molar refractivity (Wildman–Crippen MR) is 81.7 cm³/mol. The van der Waals surface area contributed by atoms with Crippen molar-refractivity contribution >= 4 is 55.0 Å². The van der Waals surface area contributed by atoms with E-state index in [1.54, 1.807) is 6.92 Å². The van der Waals surface area contributed by atoms with Crippen molar-refractivity contribution in [3.63, 3.8) is 0 Å². The van der Waals surface area contributed by atoms with Crippen LogP contribution in [0.4, 0.5) is 10.1 Å². The van der Waals surface area contributed by atoms with Gasteiger partial charge in [0.1, 0.15) is 4.90 Å². The quantitative estimate of drug-likeness (QED) is 0.598. The molecule has 0 spiro atoms. The molecule has 9 heteroatoms. The lowest BCUT2D eigenvalue weighted by atomic mass is 10.3. The lowest BCUT2D eigenvalue weighted by Gasteiger charge is -2.15. The fraction of sp³-hybridized carbons (Fsp3) is 0.400. The molecule has 108 valence electrons. The summed E-state index contributed by atoms with van der Waals surface area (Å²) in [6.07, 6.45) is 1.85. The van der Waals surface area contributed by atoms with Crippen molar-refractivity contribution in [1.29, 1.82) is 0 Å². The predicted octanol–water partition coefficient (Wildman–Crippen LogP) is 2.85. The molecule has 0 saturated carbocycles. The van der Waals surface area contributed by atoms with Crippen LogP contribution in [0.5, 0.6) is 0 Å². The first-order valence-corrected chi connectivity index (χ1v) is 9.19. The van der Waals surface area contributed by atoms with E-state index < -0.39 is 20.7 Å². The average Bonchev–Trinajstić information content (AvgIpc) is 2.30. The highest BCUT2D eigenvalue weighted by Crippen LogP contribution is 2.34. The van der Waals surface area contributed by atoms with Crippen molar-refractivity contribution in [1.82, 2.24) is 4.72 Å². The largest absolute Gasteiger partial charge is 0.395 e. The van der Waals surface area contributed by atoms with Crippen molar-refractivity contribution in [3.05, 3.63) is 21.4 Å². The molecular weight excluding hydrogens is 379 g/mol. The van der Waals surface area contributed by atoms with Gasteiger partial charge in [-0.1, -0.05) is 11.6 Å². The summed E-state index contributed by atoms with van der Waals surface area (Å²) < 4.78 is 40.6. The van der Waals surface area contributed by atoms with Gasteiger partial charge in [-0.2, -0.15) is 11.8 Å². The van der Waals surface area contributed by atoms with Crippen LogP contribution in [0.15, 0.2) is 15.4 Å². The zero-order chi connectivity index (χ0) is 14.8. The summed E-state index contributed by atoms with van der Waals surface area (Å²) in [5, 5.41) is 0.0387. The molecule has 1 aromatic rings. The van der Waals surface area contributed by atoms with Crippen molar-refractivity contribution < 1.29 is 12.8 Å². The minimum atomic E-state index is -4.00. The normalized spacial score (nSPS) is 13.5. The molecule has 1 unspecified atom stereocenters. The standard InChI is InChI=1S/C10H13BrClFN2O2S2/c1-5(4-18-2)15-19(16,17)7-3-6(12)8(11)10(14)9(7)13/h3,5,15H,4,14H2,1-2H3. The number of nitrogens with one attached hydrogen (secondary N) is 1. The number of nitrogens with two attached hydrogens (primary N) is 1. The van der Waals surface area contributed by atoms with Gasteiger partial charge in [-0.25, -0.2) is 17.5 Å². The summed E-state index contributed by atoms with van der Waals surface area (Å²) in [4.78, 5) is -0.550. The molecule has 0 bridgehead atoms. The molecule has 0 aliphatic rings. The molecule has 4 nitrogen and oxygen atoms in total. The first kappa shape index (κ1) is 17.0. The van der Waals surface area contributed by atoms with Crippen LogP contribution in [0.1, 0.15) is 6.92 Å². The maximum absolute atomic E-state index is 13.9. The molecule has 19 heavy (non-hydrogen) atoms. The Bertz CT molecular complexity index is 583. The first-order chi connectivity index (χ1) is 8.70. The lowest BCUT2D eigenvalue weighted by Crippen LogP contribution is -2.34. The lowest BCUT2D eigenvalue weighted by molar-refractivity contribution is 0.551. The summed E-state index contributed by atoms with van der Waals surface area (Å²) in [5.74, 6) is -0.444. The van der Waals surface area contributed by atoms with Gasteiger partial charge in [0, 0.05) is 11.8 Å². The number of rotatable bonds is 5. The molecular formula is C10H13BrClFN2O2S2. The number of nitrogen functional groups attached to an aromatic ring is 1. The summed E-state index contributed by atoms with van der Waals surface area (Å²) in [7, 11) is -4.00. The van der Waals surface area contributed by atoms with Gasteiger partial charge in [-0.3, -0.25) is 0 Å². The maximum atomic E-state index is 13.9. The number of sulfonamides is 1. The second-order valence-electron chi connectivity index (χ2n) is 3.88. The smallest absolute Gasteiger partial charge is 0.243 e. The van der Waals surface area contributed by atoms with Gasteiger partial charge in [-0.15, -0.1) is 0 Å². The van der Waals surface area contributed by atoms with Gasteiger partial charge in [0.2, 0.25) is 10.0 Å². The second kappa shape index (κ2) is 6.62. The number of benzene rings is 1. The summed E-state index contributed by atoms with van der Waals surface area (Å²) >= 11 is 10.3. The zero-order valence-electron chi connectivity index (χ0n) is 10.2. The van der Waals surface area contributed by atoms with Crippen LogP contribution in [0.25, 0.3) is 0 Å². The average molecular weight is 392 g/mol. The number of hydrogen-bond donors (Lipinski definition) is 2. The fourth-order valence-corrected chi connectivity index (χ4v) is 4.02. The summed E-state index contributed by atoms with van der Waals surface area (Å²) in [6.45, 7) is 1.69. The molecule has 0 aliphatic heterocycles. The van der Waals surface area contributed by atoms with Crippen molar-refractivity contribution in [2.45, 2.75) is 17.9 Å². The molecule has 0 heterocycles. The van der Waals surface area contributed by atoms with Crippen LogP contribution >= 0.6 is 39.3 Å². The Kier molecular flexibility index (Phi) is 5.94. The molecule has 1 aromatic carbocycles. The van der Waals surface area contributed by atoms with Gasteiger partial charge in [0.25, 0.3) is 0 Å². The van der Waals surface area contributed by atoms with Crippen molar-refractivity contribution in [2.24, 2.45) is 0 Å². The van der Waals surface area contributed by atoms with Gasteiger partial charge >= 0.3 is 0 Å². The Morgan fingerprint density at radius 1 is 1.63 bits per heavy atom. The van der Waals surface area contributed by atoms with Crippen LogP contribution in [0.2, 0.25) is 5.02 Å². The van der Waals surface area contributed by atoms with Crippen LogP contribution in [0, 0.1) is 5.82 Å². The number of thioether (sulfide) groups is 1. The molecule has 0 radical (unpaired) electrons. The Balaban J connectivity index is 3.23. The molecule has 0 saturated heterocycles. The number of hydrogen-bond acceptors (Lipinski definition) is 4. The first-order valence-electron chi connectivity index (χ1n) is 5.15. The fourth-order valence-electron chi connectivity index (χ4n) is 1.41. The van der Waals surface area contributed by atoms with Gasteiger partial charge in [0.05, 0.1) is 15.2 Å². The molecule has 0 aromatic heterocycles. The van der Waals surface area contributed by atoms with Crippen LogP contribution < -0.4 is 10.5 Å². The zero-order valence-corrected chi connectivity index (χ0v) is 14.2. The minimum absolute atomic E-state index is 0.0387. The van der Waals surface area contributed by atoms with Crippen LogP contribution in [0.3, 0.4) is 0 Å².